The normalized spacial score (nSPS) is 26.5. The molecule has 4 nitrogen and oxygen atoms in total. The quantitative estimate of drug-likeness (QED) is 0.908. The summed E-state index contributed by atoms with van der Waals surface area (Å²) >= 11 is 1.28. The molecule has 1 aromatic heterocycles. The summed E-state index contributed by atoms with van der Waals surface area (Å²) in [5.41, 5.74) is 0. The van der Waals surface area contributed by atoms with Crippen LogP contribution in [-0.2, 0) is 10.0 Å². The Kier molecular flexibility index (Phi) is 3.58. The molecule has 1 aliphatic heterocycles. The highest BCUT2D eigenvalue weighted by Gasteiger charge is 2.39. The maximum absolute atomic E-state index is 12.4. The molecule has 0 saturated carbocycles. The Hall–Kier alpha value is -0.430. The van der Waals surface area contributed by atoms with Gasteiger partial charge in [-0.2, -0.15) is 4.31 Å². The smallest absolute Gasteiger partial charge is 0.252 e. The molecule has 2 unspecified atom stereocenters. The van der Waals surface area contributed by atoms with Crippen molar-refractivity contribution in [2.75, 3.05) is 13.2 Å². The molecule has 6 heteroatoms. The van der Waals surface area contributed by atoms with Crippen LogP contribution in [0.4, 0.5) is 0 Å². The van der Waals surface area contributed by atoms with Gasteiger partial charge in [-0.3, -0.25) is 0 Å². The van der Waals surface area contributed by atoms with E-state index in [0.717, 1.165) is 11.3 Å². The topological polar surface area (TPSA) is 57.6 Å². The Labute approximate surface area is 106 Å². The number of nitrogens with zero attached hydrogens (tertiary/aromatic N) is 1. The van der Waals surface area contributed by atoms with Crippen molar-refractivity contribution < 1.29 is 13.5 Å². The molecule has 1 N–H and O–H groups in total. The third-order valence-electron chi connectivity index (χ3n) is 3.30. The van der Waals surface area contributed by atoms with Gasteiger partial charge >= 0.3 is 0 Å². The molecule has 1 fully saturated rings. The van der Waals surface area contributed by atoms with Gasteiger partial charge in [-0.05, 0) is 31.4 Å². The first-order valence-corrected chi connectivity index (χ1v) is 7.91. The van der Waals surface area contributed by atoms with E-state index in [2.05, 4.69) is 0 Å². The molecule has 1 aliphatic rings. The summed E-state index contributed by atoms with van der Waals surface area (Å²) in [5.74, 6) is 0.218. The standard InChI is InChI=1S/C11H17NO3S2/c1-8-5-6-12(10(8)7-13)17(14,15)11-4-3-9(2)16-11/h3-4,8,10,13H,5-7H2,1-2H3. The molecular formula is C11H17NO3S2. The van der Waals surface area contributed by atoms with Gasteiger partial charge in [0.25, 0.3) is 10.0 Å². The van der Waals surface area contributed by atoms with Crippen LogP contribution in [0.25, 0.3) is 0 Å². The van der Waals surface area contributed by atoms with Crippen LogP contribution in [0.15, 0.2) is 16.3 Å². The fourth-order valence-corrected chi connectivity index (χ4v) is 5.35. The van der Waals surface area contributed by atoms with Crippen molar-refractivity contribution in [1.82, 2.24) is 4.31 Å². The predicted molar refractivity (Wildman–Crippen MR) is 67.6 cm³/mol. The lowest BCUT2D eigenvalue weighted by atomic mass is 10.0. The van der Waals surface area contributed by atoms with Crippen LogP contribution in [0.1, 0.15) is 18.2 Å². The Morgan fingerprint density at radius 3 is 2.76 bits per heavy atom. The number of aryl methyl sites for hydroxylation is 1. The fraction of sp³-hybridized carbons (Fsp3) is 0.636. The summed E-state index contributed by atoms with van der Waals surface area (Å²) in [4.78, 5) is 0.983. The van der Waals surface area contributed by atoms with Gasteiger partial charge in [0.1, 0.15) is 4.21 Å². The summed E-state index contributed by atoms with van der Waals surface area (Å²) in [7, 11) is -3.42. The molecule has 17 heavy (non-hydrogen) atoms. The molecule has 0 radical (unpaired) electrons. The summed E-state index contributed by atoms with van der Waals surface area (Å²) < 4.78 is 26.6. The Balaban J connectivity index is 2.33. The Morgan fingerprint density at radius 1 is 1.53 bits per heavy atom. The van der Waals surface area contributed by atoms with Crippen molar-refractivity contribution in [3.8, 4) is 0 Å². The zero-order valence-electron chi connectivity index (χ0n) is 9.96. The van der Waals surface area contributed by atoms with Crippen LogP contribution in [0, 0.1) is 12.8 Å². The second-order valence-electron chi connectivity index (χ2n) is 4.50. The number of sulfonamides is 1. The molecule has 2 rings (SSSR count). The lowest BCUT2D eigenvalue weighted by Gasteiger charge is -2.23. The van der Waals surface area contributed by atoms with Gasteiger partial charge in [0, 0.05) is 11.4 Å². The number of aliphatic hydroxyl groups is 1. The number of aliphatic hydroxyl groups excluding tert-OH is 1. The van der Waals surface area contributed by atoms with Crippen LogP contribution in [0.3, 0.4) is 0 Å². The minimum absolute atomic E-state index is 0.106. The van der Waals surface area contributed by atoms with Crippen molar-refractivity contribution in [1.29, 1.82) is 0 Å². The van der Waals surface area contributed by atoms with E-state index in [0.29, 0.717) is 10.8 Å². The Bertz CT molecular complexity index is 495. The van der Waals surface area contributed by atoms with Gasteiger partial charge in [-0.25, -0.2) is 8.42 Å². The zero-order valence-corrected chi connectivity index (χ0v) is 11.6. The van der Waals surface area contributed by atoms with Gasteiger partial charge in [0.15, 0.2) is 0 Å². The van der Waals surface area contributed by atoms with E-state index in [1.54, 1.807) is 6.07 Å². The lowest BCUT2D eigenvalue weighted by molar-refractivity contribution is 0.191. The fourth-order valence-electron chi connectivity index (χ4n) is 2.21. The monoisotopic (exact) mass is 275 g/mol. The number of rotatable bonds is 3. The van der Waals surface area contributed by atoms with E-state index in [-0.39, 0.29) is 18.6 Å². The average Bonchev–Trinajstić information content (AvgIpc) is 2.84. The molecule has 1 aromatic rings. The molecule has 0 bridgehead atoms. The largest absolute Gasteiger partial charge is 0.395 e. The first-order valence-electron chi connectivity index (χ1n) is 5.66. The molecule has 2 atom stereocenters. The molecule has 2 heterocycles. The maximum atomic E-state index is 12.4. The second kappa shape index (κ2) is 4.68. The van der Waals surface area contributed by atoms with Crippen molar-refractivity contribution in [3.05, 3.63) is 17.0 Å². The number of hydrogen-bond acceptors (Lipinski definition) is 4. The molecule has 96 valence electrons. The van der Waals surface area contributed by atoms with Gasteiger partial charge in [0.2, 0.25) is 0 Å². The van der Waals surface area contributed by atoms with E-state index >= 15 is 0 Å². The Morgan fingerprint density at radius 2 is 2.24 bits per heavy atom. The average molecular weight is 275 g/mol. The highest BCUT2D eigenvalue weighted by Crippen LogP contribution is 2.32. The summed E-state index contributed by atoms with van der Waals surface area (Å²) in [5, 5.41) is 9.32. The first-order chi connectivity index (χ1) is 7.96. The van der Waals surface area contributed by atoms with Crippen molar-refractivity contribution in [2.24, 2.45) is 5.92 Å². The highest BCUT2D eigenvalue weighted by atomic mass is 32.2. The molecule has 1 saturated heterocycles. The highest BCUT2D eigenvalue weighted by molar-refractivity contribution is 7.91. The van der Waals surface area contributed by atoms with Crippen LogP contribution in [0.5, 0.6) is 0 Å². The van der Waals surface area contributed by atoms with Crippen LogP contribution >= 0.6 is 11.3 Å². The second-order valence-corrected chi connectivity index (χ2v) is 7.90. The van der Waals surface area contributed by atoms with E-state index in [1.165, 1.54) is 15.6 Å². The van der Waals surface area contributed by atoms with Gasteiger partial charge in [0.05, 0.1) is 12.6 Å². The van der Waals surface area contributed by atoms with Gasteiger partial charge < -0.3 is 5.11 Å². The predicted octanol–water partition coefficient (Wildman–Crippen LogP) is 1.45. The zero-order chi connectivity index (χ0) is 12.6. The van der Waals surface area contributed by atoms with E-state index < -0.39 is 10.0 Å². The third kappa shape index (κ3) is 2.27. The van der Waals surface area contributed by atoms with Crippen LogP contribution in [-0.4, -0.2) is 37.0 Å². The SMILES string of the molecule is Cc1ccc(S(=O)(=O)N2CCC(C)C2CO)s1. The maximum Gasteiger partial charge on any atom is 0.252 e. The third-order valence-corrected chi connectivity index (χ3v) is 6.69. The van der Waals surface area contributed by atoms with Crippen LogP contribution < -0.4 is 0 Å². The number of hydrogen-bond donors (Lipinski definition) is 1. The first kappa shape index (κ1) is 13.0. The van der Waals surface area contributed by atoms with Crippen LogP contribution in [0.2, 0.25) is 0 Å². The van der Waals surface area contributed by atoms with E-state index in [9.17, 15) is 13.5 Å². The summed E-state index contributed by atoms with van der Waals surface area (Å²) in [6.07, 6.45) is 0.814. The summed E-state index contributed by atoms with van der Waals surface area (Å²) in [6.45, 7) is 4.27. The van der Waals surface area contributed by atoms with Crippen molar-refractivity contribution in [2.45, 2.75) is 30.5 Å². The van der Waals surface area contributed by atoms with Crippen molar-refractivity contribution >= 4 is 21.4 Å². The van der Waals surface area contributed by atoms with E-state index in [1.807, 2.05) is 19.9 Å². The minimum Gasteiger partial charge on any atom is -0.395 e. The summed E-state index contributed by atoms with van der Waals surface area (Å²) in [6, 6.07) is 3.18. The molecule has 0 aliphatic carbocycles. The number of thiophene rings is 1. The van der Waals surface area contributed by atoms with E-state index in [4.69, 9.17) is 0 Å². The molecular weight excluding hydrogens is 258 g/mol. The van der Waals surface area contributed by atoms with Gasteiger partial charge in [-0.1, -0.05) is 6.92 Å². The van der Waals surface area contributed by atoms with Crippen molar-refractivity contribution in [3.63, 3.8) is 0 Å². The minimum atomic E-state index is -3.42. The lowest BCUT2D eigenvalue weighted by Crippen LogP contribution is -2.39. The van der Waals surface area contributed by atoms with Gasteiger partial charge in [-0.15, -0.1) is 11.3 Å². The molecule has 0 amide bonds. The molecule has 0 aromatic carbocycles. The molecule has 0 spiro atoms.